The molecule has 29 heavy (non-hydrogen) atoms. The van der Waals surface area contributed by atoms with Gasteiger partial charge in [0.1, 0.15) is 5.75 Å². The van der Waals surface area contributed by atoms with Crippen LogP contribution in [-0.2, 0) is 6.42 Å². The Morgan fingerprint density at radius 1 is 1.03 bits per heavy atom. The molecule has 0 bridgehead atoms. The van der Waals surface area contributed by atoms with Crippen molar-refractivity contribution in [1.29, 1.82) is 0 Å². The fourth-order valence-corrected chi connectivity index (χ4v) is 3.51. The number of amides is 1. The van der Waals surface area contributed by atoms with Crippen LogP contribution >= 0.6 is 0 Å². The number of aryl methyl sites for hydroxylation is 1. The number of piperazine rings is 1. The van der Waals surface area contributed by atoms with Crippen LogP contribution in [0.25, 0.3) is 5.69 Å². The largest absolute Gasteiger partial charge is 0.497 e. The van der Waals surface area contributed by atoms with Crippen LogP contribution < -0.4 is 9.64 Å². The smallest absolute Gasteiger partial charge is 0.276 e. The van der Waals surface area contributed by atoms with Gasteiger partial charge in [-0.25, -0.2) is 4.68 Å². The van der Waals surface area contributed by atoms with E-state index in [1.165, 1.54) is 5.56 Å². The normalized spacial score (nSPS) is 14.1. The summed E-state index contributed by atoms with van der Waals surface area (Å²) in [7, 11) is 1.67. The summed E-state index contributed by atoms with van der Waals surface area (Å²) in [6, 6.07) is 16.1. The lowest BCUT2D eigenvalue weighted by Crippen LogP contribution is -2.48. The summed E-state index contributed by atoms with van der Waals surface area (Å²) in [5.74, 6) is 0.760. The Kier molecular flexibility index (Phi) is 5.46. The molecule has 0 spiro atoms. The number of rotatable bonds is 5. The molecule has 1 saturated heterocycles. The van der Waals surface area contributed by atoms with Crippen LogP contribution in [0.3, 0.4) is 0 Å². The Labute approximate surface area is 170 Å². The summed E-state index contributed by atoms with van der Waals surface area (Å²) in [6.07, 6.45) is 2.70. The minimum absolute atomic E-state index is 0.0771. The van der Waals surface area contributed by atoms with Crippen LogP contribution in [0.2, 0.25) is 0 Å². The molecule has 0 radical (unpaired) electrons. The van der Waals surface area contributed by atoms with Crippen LogP contribution in [-0.4, -0.2) is 59.1 Å². The van der Waals surface area contributed by atoms with Crippen LogP contribution in [0.15, 0.2) is 54.7 Å². The average molecular weight is 391 g/mol. The summed E-state index contributed by atoms with van der Waals surface area (Å²) >= 11 is 0. The number of aromatic nitrogens is 3. The van der Waals surface area contributed by atoms with Gasteiger partial charge in [-0.1, -0.05) is 30.3 Å². The topological polar surface area (TPSA) is 63.5 Å². The maximum absolute atomic E-state index is 12.9. The molecule has 2 aromatic carbocycles. The second kappa shape index (κ2) is 8.34. The lowest BCUT2D eigenvalue weighted by molar-refractivity contribution is 0.0740. The molecule has 0 aliphatic carbocycles. The molecule has 3 aromatic rings. The summed E-state index contributed by atoms with van der Waals surface area (Å²) in [6.45, 7) is 4.95. The monoisotopic (exact) mass is 391 g/mol. The molecule has 4 rings (SSSR count). The number of benzene rings is 2. The van der Waals surface area contributed by atoms with Gasteiger partial charge in [0.25, 0.3) is 5.91 Å². The van der Waals surface area contributed by atoms with Gasteiger partial charge in [-0.3, -0.25) is 4.79 Å². The van der Waals surface area contributed by atoms with E-state index in [0.717, 1.165) is 36.6 Å². The van der Waals surface area contributed by atoms with E-state index in [-0.39, 0.29) is 5.91 Å². The quantitative estimate of drug-likeness (QED) is 0.669. The SMILES string of the molecule is CCc1ccc(-n2cc(C(=O)N3CCN(c4cccc(OC)c4)CC3)nn2)cc1. The van der Waals surface area contributed by atoms with Gasteiger partial charge in [0.15, 0.2) is 5.69 Å². The number of methoxy groups -OCH3 is 1. The van der Waals surface area contributed by atoms with Gasteiger partial charge < -0.3 is 14.5 Å². The molecule has 1 fully saturated rings. The highest BCUT2D eigenvalue weighted by molar-refractivity contribution is 5.92. The molecular formula is C22H25N5O2. The zero-order valence-electron chi connectivity index (χ0n) is 16.8. The van der Waals surface area contributed by atoms with Crippen LogP contribution in [0.4, 0.5) is 5.69 Å². The summed E-state index contributed by atoms with van der Waals surface area (Å²) in [5, 5.41) is 8.24. The Morgan fingerprint density at radius 2 is 1.79 bits per heavy atom. The number of hydrogen-bond donors (Lipinski definition) is 0. The van der Waals surface area contributed by atoms with Crippen molar-refractivity contribution in [2.24, 2.45) is 0 Å². The lowest BCUT2D eigenvalue weighted by Gasteiger charge is -2.35. The minimum Gasteiger partial charge on any atom is -0.497 e. The van der Waals surface area contributed by atoms with Gasteiger partial charge in [0.2, 0.25) is 0 Å². The molecule has 150 valence electrons. The molecule has 1 amide bonds. The first-order valence-electron chi connectivity index (χ1n) is 9.88. The molecule has 0 atom stereocenters. The highest BCUT2D eigenvalue weighted by Gasteiger charge is 2.24. The molecule has 0 saturated carbocycles. The molecule has 7 heteroatoms. The molecule has 1 aliphatic rings. The van der Waals surface area contributed by atoms with Crippen molar-refractivity contribution >= 4 is 11.6 Å². The number of nitrogens with zero attached hydrogens (tertiary/aromatic N) is 5. The molecule has 7 nitrogen and oxygen atoms in total. The third-order valence-corrected chi connectivity index (χ3v) is 5.31. The highest BCUT2D eigenvalue weighted by atomic mass is 16.5. The van der Waals surface area contributed by atoms with E-state index in [2.05, 4.69) is 40.3 Å². The molecular weight excluding hydrogens is 366 g/mol. The van der Waals surface area contributed by atoms with Gasteiger partial charge in [0.05, 0.1) is 19.0 Å². The number of ether oxygens (including phenoxy) is 1. The summed E-state index contributed by atoms with van der Waals surface area (Å²) < 4.78 is 6.96. The molecule has 0 N–H and O–H groups in total. The maximum Gasteiger partial charge on any atom is 0.276 e. The first-order valence-corrected chi connectivity index (χ1v) is 9.88. The number of anilines is 1. The van der Waals surface area contributed by atoms with Gasteiger partial charge in [-0.15, -0.1) is 5.10 Å². The second-order valence-corrected chi connectivity index (χ2v) is 7.05. The van der Waals surface area contributed by atoms with Crippen LogP contribution in [0.5, 0.6) is 5.75 Å². The van der Waals surface area contributed by atoms with Crippen molar-refractivity contribution in [3.8, 4) is 11.4 Å². The number of carbonyl (C=O) groups excluding carboxylic acids is 1. The zero-order chi connectivity index (χ0) is 20.2. The predicted molar refractivity (Wildman–Crippen MR) is 112 cm³/mol. The fourth-order valence-electron chi connectivity index (χ4n) is 3.51. The van der Waals surface area contributed by atoms with E-state index >= 15 is 0 Å². The zero-order valence-corrected chi connectivity index (χ0v) is 16.8. The van der Waals surface area contributed by atoms with Crippen molar-refractivity contribution in [3.63, 3.8) is 0 Å². The Bertz CT molecular complexity index is 975. The third kappa shape index (κ3) is 4.08. The van der Waals surface area contributed by atoms with E-state index in [9.17, 15) is 4.79 Å². The summed E-state index contributed by atoms with van der Waals surface area (Å²) in [4.78, 5) is 17.0. The highest BCUT2D eigenvalue weighted by Crippen LogP contribution is 2.22. The molecule has 2 heterocycles. The number of hydrogen-bond acceptors (Lipinski definition) is 5. The van der Waals surface area contributed by atoms with Gasteiger partial charge in [-0.2, -0.15) is 0 Å². The molecule has 1 aromatic heterocycles. The number of carbonyl (C=O) groups is 1. The van der Waals surface area contributed by atoms with Crippen molar-refractivity contribution < 1.29 is 9.53 Å². The van der Waals surface area contributed by atoms with Gasteiger partial charge in [-0.05, 0) is 36.2 Å². The van der Waals surface area contributed by atoms with Gasteiger partial charge >= 0.3 is 0 Å². The lowest BCUT2D eigenvalue weighted by atomic mass is 10.1. The second-order valence-electron chi connectivity index (χ2n) is 7.05. The summed E-state index contributed by atoms with van der Waals surface area (Å²) in [5.41, 5.74) is 3.65. The first-order chi connectivity index (χ1) is 14.2. The van der Waals surface area contributed by atoms with E-state index < -0.39 is 0 Å². The van der Waals surface area contributed by atoms with Crippen molar-refractivity contribution in [3.05, 3.63) is 66.0 Å². The first kappa shape index (κ1) is 19.0. The van der Waals surface area contributed by atoms with E-state index in [1.54, 1.807) is 18.0 Å². The standard InChI is InChI=1S/C22H25N5O2/c1-3-17-7-9-18(10-8-17)27-16-21(23-24-27)22(28)26-13-11-25(12-14-26)19-5-4-6-20(15-19)29-2/h4-10,15-16H,3,11-14H2,1-2H3. The van der Waals surface area contributed by atoms with E-state index in [1.807, 2.05) is 35.2 Å². The molecule has 1 aliphatic heterocycles. The Morgan fingerprint density at radius 3 is 2.48 bits per heavy atom. The Balaban J connectivity index is 1.40. The van der Waals surface area contributed by atoms with Crippen molar-refractivity contribution in [2.75, 3.05) is 38.2 Å². The van der Waals surface area contributed by atoms with Crippen molar-refractivity contribution in [1.82, 2.24) is 19.9 Å². The fraction of sp³-hybridized carbons (Fsp3) is 0.318. The Hall–Kier alpha value is -3.35. The van der Waals surface area contributed by atoms with E-state index in [0.29, 0.717) is 18.8 Å². The predicted octanol–water partition coefficient (Wildman–Crippen LogP) is 2.80. The van der Waals surface area contributed by atoms with E-state index in [4.69, 9.17) is 4.74 Å². The average Bonchev–Trinajstić information content (AvgIpc) is 3.29. The molecule has 0 unspecified atom stereocenters. The maximum atomic E-state index is 12.9. The van der Waals surface area contributed by atoms with Crippen LogP contribution in [0.1, 0.15) is 23.0 Å². The van der Waals surface area contributed by atoms with Crippen molar-refractivity contribution in [2.45, 2.75) is 13.3 Å². The van der Waals surface area contributed by atoms with Crippen LogP contribution in [0, 0.1) is 0 Å². The minimum atomic E-state index is -0.0771. The third-order valence-electron chi connectivity index (χ3n) is 5.31. The van der Waals surface area contributed by atoms with Gasteiger partial charge in [0, 0.05) is 37.9 Å².